The lowest BCUT2D eigenvalue weighted by molar-refractivity contribution is -0.385. The maximum Gasteiger partial charge on any atom is 0.331 e. The van der Waals surface area contributed by atoms with E-state index in [-0.39, 0.29) is 103 Å². The number of hydrogen-bond acceptors (Lipinski definition) is 26. The summed E-state index contributed by atoms with van der Waals surface area (Å²) in [4.78, 5) is 113. The molecule has 6 amide bonds. The number of hydrogen-bond donors (Lipinski definition) is 3. The Labute approximate surface area is 821 Å². The van der Waals surface area contributed by atoms with E-state index < -0.39 is 38.4 Å². The molecule has 4 N–H and O–H groups in total. The Morgan fingerprint density at radius 2 is 0.799 bits per heavy atom. The van der Waals surface area contributed by atoms with Gasteiger partial charge in [0.1, 0.15) is 104 Å². The number of nitrogens with zero attached hydrogens (tertiary/aromatic N) is 15. The largest absolute Gasteiger partial charge is 0.495 e. The number of urea groups is 2. The number of halogens is 7. The van der Waals surface area contributed by atoms with Gasteiger partial charge in [0.25, 0.3) is 5.69 Å². The molecule has 134 heavy (non-hydrogen) atoms. The molecule has 0 atom stereocenters. The summed E-state index contributed by atoms with van der Waals surface area (Å²) in [5.74, 6) is 2.26. The van der Waals surface area contributed by atoms with Crippen LogP contribution in [-0.4, -0.2) is 240 Å². The molecule has 0 fully saturated rings. The van der Waals surface area contributed by atoms with Crippen molar-refractivity contribution in [1.82, 2.24) is 44.6 Å². The summed E-state index contributed by atoms with van der Waals surface area (Å²) in [5.41, 5.74) is 15.6. The molecule has 0 saturated carbocycles. The first-order valence-corrected chi connectivity index (χ1v) is 51.5. The third-order valence-corrected chi connectivity index (χ3v) is 25.4. The zero-order valence-electron chi connectivity index (χ0n) is 79.7. The monoisotopic (exact) mass is 2020 g/mol. The molecule has 0 radical (unpaired) electrons. The molecule has 6 aromatic carbocycles. The van der Waals surface area contributed by atoms with Crippen molar-refractivity contribution in [1.29, 1.82) is 0 Å². The van der Waals surface area contributed by atoms with Gasteiger partial charge < -0.3 is 68.8 Å². The molecule has 0 spiro atoms. The number of rotatable bonds is 39. The van der Waals surface area contributed by atoms with E-state index in [1.54, 1.807) is 63.6 Å². The number of aliphatic hydroxyl groups is 1. The van der Waals surface area contributed by atoms with Gasteiger partial charge in [-0.2, -0.15) is 0 Å². The number of nitro benzene ring substituents is 1. The summed E-state index contributed by atoms with van der Waals surface area (Å²) >= 11 is 44.5. The second-order valence-corrected chi connectivity index (χ2v) is 46.9. The van der Waals surface area contributed by atoms with Crippen molar-refractivity contribution in [3.05, 3.63) is 232 Å². The van der Waals surface area contributed by atoms with Gasteiger partial charge in [0.05, 0.1) is 92.5 Å². The lowest BCUT2D eigenvalue weighted by atomic mass is 10.0. The topological polar surface area (TPSA) is 364 Å². The van der Waals surface area contributed by atoms with Gasteiger partial charge in [-0.3, -0.25) is 49.0 Å². The van der Waals surface area contributed by atoms with Crippen LogP contribution in [0.15, 0.2) is 135 Å². The summed E-state index contributed by atoms with van der Waals surface area (Å²) in [7, 11) is 23.5. The van der Waals surface area contributed by atoms with Crippen LogP contribution in [0.3, 0.4) is 0 Å². The summed E-state index contributed by atoms with van der Waals surface area (Å²) in [5, 5.41) is 22.2. The fraction of sp³-hybridized carbons (Fsp3) is 0.380. The van der Waals surface area contributed by atoms with E-state index >= 15 is 0 Å². The van der Waals surface area contributed by atoms with Crippen molar-refractivity contribution in [3.63, 3.8) is 0 Å². The maximum atomic E-state index is 14.1. The first-order valence-electron chi connectivity index (χ1n) is 41.4. The summed E-state index contributed by atoms with van der Waals surface area (Å²) in [6.45, 7) is 22.8. The molecule has 9 aromatic rings. The van der Waals surface area contributed by atoms with Crippen LogP contribution in [0.25, 0.3) is 0 Å². The van der Waals surface area contributed by atoms with Gasteiger partial charge >= 0.3 is 12.1 Å². The molecular weight excluding hydrogens is 1900 g/mol. The van der Waals surface area contributed by atoms with Gasteiger partial charge in [0, 0.05) is 161 Å². The van der Waals surface area contributed by atoms with E-state index in [1.165, 1.54) is 98.3 Å². The van der Waals surface area contributed by atoms with Gasteiger partial charge in [0.2, 0.25) is 17.1 Å². The molecular formula is C92H120Cl7N17O16Si2. The predicted molar refractivity (Wildman–Crippen MR) is 541 cm³/mol. The molecule has 0 aliphatic heterocycles. The zero-order chi connectivity index (χ0) is 100. The highest BCUT2D eigenvalue weighted by Gasteiger charge is 2.34. The maximum absolute atomic E-state index is 14.1. The Morgan fingerprint density at radius 3 is 1.13 bits per heavy atom. The number of methoxy groups -OCH3 is 6. The van der Waals surface area contributed by atoms with Crippen LogP contribution in [-0.2, 0) is 69.2 Å². The number of nitro groups is 1. The Morgan fingerprint density at radius 1 is 0.470 bits per heavy atom. The quantitative estimate of drug-likeness (QED) is 0.00471. The highest BCUT2D eigenvalue weighted by atomic mass is 35.5. The Balaban J connectivity index is 0.000000343. The van der Waals surface area contributed by atoms with E-state index in [0.29, 0.717) is 107 Å². The minimum atomic E-state index is -1.41. The van der Waals surface area contributed by atoms with Crippen LogP contribution in [0.1, 0.15) is 56.0 Å². The molecule has 0 aliphatic carbocycles. The normalized spacial score (nSPS) is 11.0. The fourth-order valence-electron chi connectivity index (χ4n) is 12.6. The van der Waals surface area contributed by atoms with Crippen LogP contribution in [0.5, 0.6) is 34.5 Å². The van der Waals surface area contributed by atoms with Crippen molar-refractivity contribution >= 4 is 172 Å². The number of nitrogens with one attached hydrogen (secondary N) is 1. The van der Waals surface area contributed by atoms with Crippen molar-refractivity contribution in [2.24, 2.45) is 0 Å². The van der Waals surface area contributed by atoms with E-state index in [9.17, 15) is 34.1 Å². The first-order chi connectivity index (χ1) is 63.2. The Kier molecular flexibility index (Phi) is 46.6. The molecule has 33 nitrogen and oxygen atoms in total. The van der Waals surface area contributed by atoms with Gasteiger partial charge in [0.15, 0.2) is 0 Å². The number of anilines is 7. The number of aliphatic hydroxyl groups excluding tert-OH is 1. The number of ether oxygens (including phenoxy) is 8. The second kappa shape index (κ2) is 54.8. The molecule has 0 unspecified atom stereocenters. The SMILES string of the molecule is C=CC(=O)Cl.C=CC(=O)Nc1cc(CN(C)C)ccc1Cc1cc(N(C)C(=O)Cc2c(Cl)c(OC)cc(OC)c2Cl)ncn1.CO.COc1cc(OC)c(Cl)c(N(COCC[Si](C)(C)C)C(=O)N(C)c2cc(Cc3ccc(CN(C)C)cc3N)ncn2)c1Cl.COc1cc(OC)c(Cl)c(N(COCC[Si](C)(C)C)C(=O)N(C)c2cc(Cc3ccc(CN(C)C)cc3[N+](=O)[O-])ncn2)c1Cl. The smallest absolute Gasteiger partial charge is 0.331 e. The van der Waals surface area contributed by atoms with Crippen molar-refractivity contribution < 1.29 is 71.9 Å². The summed E-state index contributed by atoms with van der Waals surface area (Å²) in [6, 6.07) is 27.6. The third kappa shape index (κ3) is 34.3. The number of likely N-dealkylation sites (N-methyl/N-ethyl adjacent to an activating group) is 1. The van der Waals surface area contributed by atoms with E-state index in [1.807, 2.05) is 88.5 Å². The molecule has 0 saturated heterocycles. The van der Waals surface area contributed by atoms with Gasteiger partial charge in [-0.05, 0) is 118 Å². The Hall–Kier alpha value is -10.6. The second-order valence-electron chi connectivity index (χ2n) is 33.1. The fourth-order valence-corrected chi connectivity index (χ4v) is 16.1. The number of allylic oxidation sites excluding steroid dienone is 1. The molecule has 9 rings (SSSR count). The van der Waals surface area contributed by atoms with Gasteiger partial charge in [-0.1, -0.05) is 158 Å². The van der Waals surface area contributed by atoms with Crippen molar-refractivity contribution in [2.75, 3.05) is 175 Å². The minimum Gasteiger partial charge on any atom is -0.495 e. The van der Waals surface area contributed by atoms with Crippen LogP contribution in [0, 0.1) is 10.1 Å². The highest BCUT2D eigenvalue weighted by molar-refractivity contribution is 6.76. The minimum absolute atomic E-state index is 0.00292. The number of carbonyl (C=O) groups is 5. The van der Waals surface area contributed by atoms with E-state index in [2.05, 4.69) is 98.6 Å². The molecule has 726 valence electrons. The number of aromatic nitrogens is 6. The summed E-state index contributed by atoms with van der Waals surface area (Å²) < 4.78 is 44.3. The lowest BCUT2D eigenvalue weighted by Gasteiger charge is -2.30. The van der Waals surface area contributed by atoms with Crippen LogP contribution < -0.4 is 64.0 Å². The molecule has 0 aliphatic rings. The average Bonchev–Trinajstić information content (AvgIpc) is 0.781. The first kappa shape index (κ1) is 114. The number of amides is 6. The van der Waals surface area contributed by atoms with E-state index in [4.69, 9.17) is 130 Å². The number of carbonyl (C=O) groups excluding carboxylic acids is 5. The van der Waals surface area contributed by atoms with Crippen molar-refractivity contribution in [3.8, 4) is 34.5 Å². The van der Waals surface area contributed by atoms with E-state index in [0.717, 1.165) is 66.2 Å². The van der Waals surface area contributed by atoms with Gasteiger partial charge in [-0.25, -0.2) is 39.5 Å². The number of nitrogen functional groups attached to an aromatic ring is 1. The highest BCUT2D eigenvalue weighted by Crippen LogP contribution is 2.49. The number of benzene rings is 6. The zero-order valence-corrected chi connectivity index (χ0v) is 86.9. The van der Waals surface area contributed by atoms with Crippen LogP contribution in [0.4, 0.5) is 55.5 Å². The van der Waals surface area contributed by atoms with Crippen LogP contribution >= 0.6 is 81.2 Å². The molecule has 3 aromatic heterocycles. The molecule has 42 heteroatoms. The lowest BCUT2D eigenvalue weighted by Crippen LogP contribution is -2.43. The molecule has 0 bridgehead atoms. The standard InChI is InChI=1S/C30H40Cl2N6O6Si.C30H42Cl2N6O4Si.C28H31Cl2N5O4.C3H3ClO.CH4O/c1-35(2)17-20-9-10-21(23(13-20)38(40)41)14-22-15-26(34-18-33-22)36(3)30(39)37(19-44-11-12-45(6,7)8)29-27(31)24(42-4)16-25(43-5)28(29)32;1-36(2)17-20-9-10-21(23(33)13-20)14-22-15-26(35-18-34-22)37(3)30(39)38(19-42-11-12-43(6,7)8)29-27(31)24(40-4)16-25(41-5)28(29)32;1-7-25(36)33-21-10-17(15-34(2)3)8-9-18(21)11-19-12-24(32-16-31-19)35(4)26(37)13-20-27(29)22(38-5)14-23(39-6)28(20)30;1-2-3(4)5;1-2/h9-10,13,15-16,18H,11-12,14,17,19H2,1-8H3;9-10,13,15-16,18H,11-12,14,17,19,33H2,1-8H3;7-10,12,14,16H,1,11,13,15H2,2-6H3,(H,33,36);2H,1H2;2H,1H3. The van der Waals surface area contributed by atoms with Crippen LogP contribution in [0.2, 0.25) is 81.5 Å². The average molecular weight is 2020 g/mol. The molecule has 3 heterocycles. The predicted octanol–water partition coefficient (Wildman–Crippen LogP) is 18.5. The summed E-state index contributed by atoms with van der Waals surface area (Å²) in [6.07, 6.45) is 7.32. The van der Waals surface area contributed by atoms with Crippen molar-refractivity contribution in [2.45, 2.75) is 96.7 Å². The number of nitrogens with two attached hydrogens (primary N) is 1. The Bertz CT molecular complexity index is 5440. The third-order valence-electron chi connectivity index (χ3n) is 19.6. The van der Waals surface area contributed by atoms with Gasteiger partial charge in [-0.15, -0.1) is 0 Å².